The summed E-state index contributed by atoms with van der Waals surface area (Å²) in [7, 11) is 1.62. The maximum Gasteiger partial charge on any atom is 0.164 e. The third-order valence-corrected chi connectivity index (χ3v) is 8.35. The third kappa shape index (κ3) is 3.68. The quantitative estimate of drug-likeness (QED) is 0.133. The Hall–Kier alpha value is -6.76. The first-order chi connectivity index (χ1) is 22.3. The Morgan fingerprint density at radius 1 is 0.457 bits per heavy atom. The highest BCUT2D eigenvalue weighted by atomic mass is 16.5. The number of nitrogens with two attached hydrogens (primary N) is 4. The lowest BCUT2D eigenvalue weighted by atomic mass is 10.1. The van der Waals surface area contributed by atoms with Gasteiger partial charge in [0.2, 0.25) is 0 Å². The number of benzene rings is 4. The van der Waals surface area contributed by atoms with Crippen LogP contribution in [-0.4, -0.2) is 47.0 Å². The molecule has 13 nitrogen and oxygen atoms in total. The van der Waals surface area contributed by atoms with Crippen LogP contribution in [0.2, 0.25) is 0 Å². The van der Waals surface area contributed by atoms with E-state index in [0.29, 0.717) is 90.9 Å². The predicted molar refractivity (Wildman–Crippen MR) is 180 cm³/mol. The van der Waals surface area contributed by atoms with Gasteiger partial charge in [-0.3, -0.25) is 0 Å². The van der Waals surface area contributed by atoms with E-state index in [1.807, 2.05) is 42.5 Å². The second-order valence-corrected chi connectivity index (χ2v) is 11.1. The molecule has 9 rings (SSSR count). The maximum absolute atomic E-state index is 6.26. The zero-order valence-corrected chi connectivity index (χ0v) is 24.3. The standard InChI is InChI=1S/C33H24N12O/c1-46-13-6-7-16-17(8-13)29-39-26-14-4-2-3-5-15(14)27(38-26)40-30-18-9-22(34)24(36)11-20(18)32(43-30)45-33-21-12-25(37)23(35)10-19(21)31(44-33)42-28(16)41-29/h2-12H,34-37H2,1H3,(H2,38,39,40,41,42,43,44,45). The van der Waals surface area contributed by atoms with Crippen LogP contribution in [0.4, 0.5) is 22.7 Å². The third-order valence-electron chi connectivity index (χ3n) is 8.35. The van der Waals surface area contributed by atoms with Crippen molar-refractivity contribution in [1.82, 2.24) is 39.9 Å². The number of ether oxygens (including phenoxy) is 1. The molecule has 7 aromatic rings. The Balaban J connectivity index is 1.51. The molecule has 0 spiro atoms. The molecule has 0 radical (unpaired) electrons. The molecule has 0 amide bonds. The fourth-order valence-corrected chi connectivity index (χ4v) is 6.01. The molecule has 2 aliphatic heterocycles. The second kappa shape index (κ2) is 9.12. The number of aromatic nitrogens is 8. The minimum atomic E-state index is 0.388. The molecule has 222 valence electrons. The zero-order valence-electron chi connectivity index (χ0n) is 24.3. The van der Waals surface area contributed by atoms with E-state index in [4.69, 9.17) is 57.6 Å². The van der Waals surface area contributed by atoms with Crippen LogP contribution in [0.15, 0.2) is 66.7 Å². The van der Waals surface area contributed by atoms with Crippen molar-refractivity contribution >= 4 is 66.9 Å². The molecular weight excluding hydrogens is 580 g/mol. The number of nitrogen functional groups attached to an aromatic ring is 4. The highest BCUT2D eigenvalue weighted by Crippen LogP contribution is 2.40. The molecular formula is C33H24N12O. The van der Waals surface area contributed by atoms with Gasteiger partial charge in [-0.2, -0.15) is 0 Å². The number of H-pyrrole nitrogens is 2. The molecule has 0 fully saturated rings. The molecule has 5 heterocycles. The van der Waals surface area contributed by atoms with E-state index in [9.17, 15) is 0 Å². The van der Waals surface area contributed by atoms with E-state index in [1.54, 1.807) is 31.4 Å². The first-order valence-electron chi connectivity index (χ1n) is 14.3. The number of methoxy groups -OCH3 is 1. The lowest BCUT2D eigenvalue weighted by Gasteiger charge is -2.04. The molecule has 3 aromatic heterocycles. The number of nitrogens with zero attached hydrogens (tertiary/aromatic N) is 6. The highest BCUT2D eigenvalue weighted by Gasteiger charge is 2.23. The first kappa shape index (κ1) is 25.7. The van der Waals surface area contributed by atoms with Crippen molar-refractivity contribution in [2.45, 2.75) is 0 Å². The van der Waals surface area contributed by atoms with Crippen LogP contribution in [0.25, 0.3) is 89.7 Å². The highest BCUT2D eigenvalue weighted by molar-refractivity contribution is 6.09. The van der Waals surface area contributed by atoms with Gasteiger partial charge >= 0.3 is 0 Å². The SMILES string of the molecule is COc1ccc2c3nc4nc(nc5[nH]c(nc6nc(nc([nH]3)c2c1)-c1ccccc1-6)c1cc(N)c(N)cc51)-c1cc(N)c(N)cc1-4. The minimum absolute atomic E-state index is 0.388. The molecule has 0 unspecified atom stereocenters. The van der Waals surface area contributed by atoms with Crippen LogP contribution in [0, 0.1) is 0 Å². The smallest absolute Gasteiger partial charge is 0.164 e. The Kier molecular flexibility index (Phi) is 5.10. The van der Waals surface area contributed by atoms with Crippen LogP contribution in [0.3, 0.4) is 0 Å². The molecule has 4 aromatic carbocycles. The number of rotatable bonds is 1. The fourth-order valence-electron chi connectivity index (χ4n) is 6.01. The van der Waals surface area contributed by atoms with E-state index in [1.165, 1.54) is 0 Å². The maximum atomic E-state index is 6.26. The van der Waals surface area contributed by atoms with Crippen molar-refractivity contribution in [2.75, 3.05) is 30.0 Å². The summed E-state index contributed by atoms with van der Waals surface area (Å²) in [4.78, 5) is 36.5. The van der Waals surface area contributed by atoms with Crippen molar-refractivity contribution < 1.29 is 4.74 Å². The number of nitrogens with one attached hydrogen (secondary N) is 2. The van der Waals surface area contributed by atoms with E-state index in [2.05, 4.69) is 9.97 Å². The monoisotopic (exact) mass is 604 g/mol. The molecule has 0 saturated heterocycles. The van der Waals surface area contributed by atoms with E-state index < -0.39 is 0 Å². The number of aromatic amines is 2. The van der Waals surface area contributed by atoms with Gasteiger partial charge in [0.1, 0.15) is 28.3 Å². The van der Waals surface area contributed by atoms with Gasteiger partial charge in [-0.25, -0.2) is 29.9 Å². The van der Waals surface area contributed by atoms with Crippen LogP contribution in [0.1, 0.15) is 0 Å². The zero-order chi connectivity index (χ0) is 31.3. The van der Waals surface area contributed by atoms with Gasteiger partial charge in [-0.15, -0.1) is 0 Å². The van der Waals surface area contributed by atoms with Crippen molar-refractivity contribution in [1.29, 1.82) is 0 Å². The first-order valence-corrected chi connectivity index (χ1v) is 14.3. The summed E-state index contributed by atoms with van der Waals surface area (Å²) in [6, 6.07) is 20.6. The van der Waals surface area contributed by atoms with Gasteiger partial charge in [0.15, 0.2) is 23.3 Å². The molecule has 0 atom stereocenters. The van der Waals surface area contributed by atoms with E-state index in [0.717, 1.165) is 27.3 Å². The Bertz CT molecular complexity index is 2640. The molecule has 10 N–H and O–H groups in total. The number of anilines is 4. The Morgan fingerprint density at radius 2 is 0.870 bits per heavy atom. The summed E-state index contributed by atoms with van der Waals surface area (Å²) >= 11 is 0. The van der Waals surface area contributed by atoms with Gasteiger partial charge in [0.05, 0.1) is 29.9 Å². The predicted octanol–water partition coefficient (Wildman–Crippen LogP) is 5.21. The number of hydrogen-bond donors (Lipinski definition) is 6. The lowest BCUT2D eigenvalue weighted by molar-refractivity contribution is 0.415. The summed E-state index contributed by atoms with van der Waals surface area (Å²) in [5, 5.41) is 3.04. The van der Waals surface area contributed by atoms with Crippen molar-refractivity contribution in [2.24, 2.45) is 0 Å². The Labute approximate surface area is 259 Å². The number of hydrogen-bond acceptors (Lipinski definition) is 11. The largest absolute Gasteiger partial charge is 0.497 e. The van der Waals surface area contributed by atoms with Crippen LogP contribution in [0.5, 0.6) is 5.75 Å². The summed E-state index contributed by atoms with van der Waals surface area (Å²) in [6.07, 6.45) is 0. The van der Waals surface area contributed by atoms with E-state index >= 15 is 0 Å². The average Bonchev–Trinajstić information content (AvgIpc) is 3.77. The van der Waals surface area contributed by atoms with Crippen LogP contribution in [-0.2, 0) is 0 Å². The fraction of sp³-hybridized carbons (Fsp3) is 0.0303. The summed E-state index contributed by atoms with van der Waals surface area (Å²) in [5.41, 5.74) is 31.8. The summed E-state index contributed by atoms with van der Waals surface area (Å²) < 4.78 is 5.54. The minimum Gasteiger partial charge on any atom is -0.497 e. The van der Waals surface area contributed by atoms with Crippen LogP contribution < -0.4 is 27.7 Å². The van der Waals surface area contributed by atoms with Crippen molar-refractivity contribution in [3.63, 3.8) is 0 Å². The average molecular weight is 605 g/mol. The molecule has 46 heavy (non-hydrogen) atoms. The van der Waals surface area contributed by atoms with Gasteiger partial charge < -0.3 is 37.6 Å². The van der Waals surface area contributed by atoms with Gasteiger partial charge in [-0.05, 0) is 42.5 Å². The molecule has 8 bridgehead atoms. The number of fused-ring (bicyclic) bond motifs is 20. The molecule has 13 heteroatoms. The normalized spacial score (nSPS) is 11.9. The van der Waals surface area contributed by atoms with Gasteiger partial charge in [0.25, 0.3) is 0 Å². The van der Waals surface area contributed by atoms with Gasteiger partial charge in [0, 0.05) is 43.8 Å². The van der Waals surface area contributed by atoms with Crippen molar-refractivity contribution in [3.05, 3.63) is 66.7 Å². The van der Waals surface area contributed by atoms with E-state index in [-0.39, 0.29) is 0 Å². The summed E-state index contributed by atoms with van der Waals surface area (Å²) in [5.74, 6) is 2.44. The molecule has 0 saturated carbocycles. The topological polar surface area (TPSA) is 222 Å². The molecule has 2 aliphatic rings. The summed E-state index contributed by atoms with van der Waals surface area (Å²) in [6.45, 7) is 0. The Morgan fingerprint density at radius 3 is 1.35 bits per heavy atom. The van der Waals surface area contributed by atoms with Crippen molar-refractivity contribution in [3.8, 4) is 51.3 Å². The van der Waals surface area contributed by atoms with Crippen LogP contribution >= 0.6 is 0 Å². The lowest BCUT2D eigenvalue weighted by Crippen LogP contribution is -1.95. The second-order valence-electron chi connectivity index (χ2n) is 11.1. The molecule has 0 aliphatic carbocycles. The van der Waals surface area contributed by atoms with Gasteiger partial charge in [-0.1, -0.05) is 24.3 Å².